The maximum absolute atomic E-state index is 13.1. The van der Waals surface area contributed by atoms with Crippen molar-refractivity contribution in [2.75, 3.05) is 19.0 Å². The molecule has 4 rings (SSSR count). The van der Waals surface area contributed by atoms with Gasteiger partial charge in [-0.15, -0.1) is 4.73 Å². The summed E-state index contributed by atoms with van der Waals surface area (Å²) in [7, 11) is 1.30. The molecular weight excluding hydrogens is 455 g/mol. The van der Waals surface area contributed by atoms with Crippen molar-refractivity contribution in [3.8, 4) is 0 Å². The minimum atomic E-state index is -4.41. The van der Waals surface area contributed by atoms with E-state index in [0.717, 1.165) is 16.9 Å². The van der Waals surface area contributed by atoms with Gasteiger partial charge in [-0.1, -0.05) is 17.3 Å². The van der Waals surface area contributed by atoms with E-state index in [1.165, 1.54) is 24.1 Å². The van der Waals surface area contributed by atoms with Crippen LogP contribution in [0.3, 0.4) is 0 Å². The summed E-state index contributed by atoms with van der Waals surface area (Å²) in [6.45, 7) is 3.95. The van der Waals surface area contributed by atoms with E-state index in [1.54, 1.807) is 13.8 Å². The number of benzene rings is 1. The number of carbonyl (C=O) groups is 1. The summed E-state index contributed by atoms with van der Waals surface area (Å²) >= 11 is 0. The molecule has 0 bridgehead atoms. The van der Waals surface area contributed by atoms with Gasteiger partial charge in [-0.2, -0.15) is 13.2 Å². The Morgan fingerprint density at radius 3 is 2.53 bits per heavy atom. The predicted molar refractivity (Wildman–Crippen MR) is 114 cm³/mol. The molecule has 1 aliphatic heterocycles. The molecule has 9 nitrogen and oxygen atoms in total. The van der Waals surface area contributed by atoms with Crippen LogP contribution in [-0.2, 0) is 25.7 Å². The number of aryl methyl sites for hydroxylation is 1. The first-order chi connectivity index (χ1) is 16.1. The highest BCUT2D eigenvalue weighted by Crippen LogP contribution is 2.29. The number of halogens is 3. The summed E-state index contributed by atoms with van der Waals surface area (Å²) in [5, 5.41) is 6.77. The maximum Gasteiger partial charge on any atom is 0.416 e. The number of nitrogens with one attached hydrogen (secondary N) is 1. The third-order valence-electron chi connectivity index (χ3n) is 5.75. The molecule has 3 aromatic rings. The van der Waals surface area contributed by atoms with Crippen molar-refractivity contribution in [1.82, 2.24) is 19.8 Å². The van der Waals surface area contributed by atoms with Crippen molar-refractivity contribution >= 4 is 11.9 Å². The number of rotatable bonds is 5. The van der Waals surface area contributed by atoms with E-state index in [-0.39, 0.29) is 30.6 Å². The molecule has 0 fully saturated rings. The highest BCUT2D eigenvalue weighted by molar-refractivity contribution is 5.93. The molecule has 0 atom stereocenters. The van der Waals surface area contributed by atoms with Crippen LogP contribution in [0.25, 0.3) is 0 Å². The Morgan fingerprint density at radius 2 is 1.94 bits per heavy atom. The second-order valence-electron chi connectivity index (χ2n) is 7.88. The first-order valence-corrected chi connectivity index (χ1v) is 10.4. The van der Waals surface area contributed by atoms with Crippen LogP contribution in [0.15, 0.2) is 33.6 Å². The summed E-state index contributed by atoms with van der Waals surface area (Å²) < 4.78 is 44.3. The lowest BCUT2D eigenvalue weighted by Gasteiger charge is -2.28. The largest absolute Gasteiger partial charge is 0.416 e. The molecule has 34 heavy (non-hydrogen) atoms. The zero-order valence-corrected chi connectivity index (χ0v) is 18.7. The Hall–Kier alpha value is -3.83. The number of hydrogen-bond acceptors (Lipinski definition) is 7. The Kier molecular flexibility index (Phi) is 6.07. The van der Waals surface area contributed by atoms with Gasteiger partial charge in [-0.3, -0.25) is 9.59 Å². The fourth-order valence-electron chi connectivity index (χ4n) is 3.67. The van der Waals surface area contributed by atoms with Crippen molar-refractivity contribution in [3.63, 3.8) is 0 Å². The van der Waals surface area contributed by atoms with Crippen LogP contribution in [0.5, 0.6) is 0 Å². The lowest BCUT2D eigenvalue weighted by atomic mass is 10.1. The molecule has 180 valence electrons. The number of hydrogen-bond donors (Lipinski definition) is 1. The Morgan fingerprint density at radius 1 is 1.24 bits per heavy atom. The molecule has 3 heterocycles. The van der Waals surface area contributed by atoms with Gasteiger partial charge in [0.05, 0.1) is 23.4 Å². The third kappa shape index (κ3) is 4.35. The van der Waals surface area contributed by atoms with Gasteiger partial charge in [0.2, 0.25) is 5.95 Å². The number of amides is 1. The number of anilines is 1. The molecule has 0 saturated heterocycles. The quantitative estimate of drug-likeness (QED) is 0.603. The SMILES string of the molecule is COn1c(NCc2ccc(C(F)(F)F)cc2)nc2c(c1=O)CN(C(=O)c1noc(C)c1C)CC2. The van der Waals surface area contributed by atoms with Crippen LogP contribution < -0.4 is 15.7 Å². The zero-order valence-electron chi connectivity index (χ0n) is 18.7. The molecule has 1 aliphatic rings. The van der Waals surface area contributed by atoms with E-state index >= 15 is 0 Å². The molecular formula is C22H22F3N5O4. The number of alkyl halides is 3. The molecule has 1 aromatic carbocycles. The van der Waals surface area contributed by atoms with Gasteiger partial charge in [0.25, 0.3) is 11.5 Å². The van der Waals surface area contributed by atoms with Crippen LogP contribution in [-0.4, -0.2) is 39.3 Å². The van der Waals surface area contributed by atoms with E-state index in [0.29, 0.717) is 41.1 Å². The fraction of sp³-hybridized carbons (Fsp3) is 0.364. The van der Waals surface area contributed by atoms with Gasteiger partial charge in [-0.05, 0) is 31.5 Å². The van der Waals surface area contributed by atoms with E-state index in [1.807, 2.05) is 0 Å². The minimum absolute atomic E-state index is 0.0356. The third-order valence-corrected chi connectivity index (χ3v) is 5.75. The van der Waals surface area contributed by atoms with Crippen molar-refractivity contribution in [1.29, 1.82) is 0 Å². The average Bonchev–Trinajstić information content (AvgIpc) is 3.15. The van der Waals surface area contributed by atoms with Crippen LogP contribution in [0.4, 0.5) is 19.1 Å². The van der Waals surface area contributed by atoms with E-state index < -0.39 is 17.3 Å². The Labute approximate surface area is 192 Å². The van der Waals surface area contributed by atoms with Gasteiger partial charge < -0.3 is 19.6 Å². The van der Waals surface area contributed by atoms with Crippen LogP contribution in [0.1, 0.15) is 44.2 Å². The summed E-state index contributed by atoms with van der Waals surface area (Å²) in [6.07, 6.45) is -4.07. The van der Waals surface area contributed by atoms with Gasteiger partial charge in [0, 0.05) is 25.1 Å². The van der Waals surface area contributed by atoms with E-state index in [2.05, 4.69) is 15.5 Å². The lowest BCUT2D eigenvalue weighted by Crippen LogP contribution is -2.42. The first kappa shape index (κ1) is 23.3. The lowest BCUT2D eigenvalue weighted by molar-refractivity contribution is -0.137. The van der Waals surface area contributed by atoms with E-state index in [4.69, 9.17) is 9.36 Å². The van der Waals surface area contributed by atoms with Crippen molar-refractivity contribution in [3.05, 3.63) is 74.0 Å². The van der Waals surface area contributed by atoms with Crippen molar-refractivity contribution in [2.24, 2.45) is 0 Å². The summed E-state index contributed by atoms with van der Waals surface area (Å²) in [5.41, 5.74) is 1.03. The van der Waals surface area contributed by atoms with Crippen LogP contribution >= 0.6 is 0 Å². The maximum atomic E-state index is 13.1. The zero-order chi connectivity index (χ0) is 24.6. The average molecular weight is 477 g/mol. The fourth-order valence-corrected chi connectivity index (χ4v) is 3.67. The second-order valence-corrected chi connectivity index (χ2v) is 7.88. The summed E-state index contributed by atoms with van der Waals surface area (Å²) in [4.78, 5) is 37.1. The highest BCUT2D eigenvalue weighted by atomic mass is 19.4. The second kappa shape index (κ2) is 8.84. The molecule has 0 saturated carbocycles. The standard InChI is InChI=1S/C22H22F3N5O4/c1-12-13(2)34-28-18(12)20(32)29-9-8-17-16(11-29)19(31)30(33-3)21(27-17)26-10-14-4-6-15(7-5-14)22(23,24)25/h4-7H,8-11H2,1-3H3,(H,26,27). The number of nitrogens with zero attached hydrogens (tertiary/aromatic N) is 4. The molecule has 1 N–H and O–H groups in total. The topological polar surface area (TPSA) is 102 Å². The Balaban J connectivity index is 1.54. The van der Waals surface area contributed by atoms with Crippen LogP contribution in [0.2, 0.25) is 0 Å². The highest BCUT2D eigenvalue weighted by Gasteiger charge is 2.31. The first-order valence-electron chi connectivity index (χ1n) is 10.4. The van der Waals surface area contributed by atoms with Crippen molar-refractivity contribution in [2.45, 2.75) is 39.5 Å². The smallest absolute Gasteiger partial charge is 0.411 e. The molecule has 0 aliphatic carbocycles. The number of carbonyl (C=O) groups excluding carboxylic acids is 1. The van der Waals surface area contributed by atoms with Gasteiger partial charge in [0.1, 0.15) is 12.9 Å². The summed E-state index contributed by atoms with van der Waals surface area (Å²) in [6, 6.07) is 4.68. The molecule has 0 radical (unpaired) electrons. The monoisotopic (exact) mass is 477 g/mol. The molecule has 0 spiro atoms. The van der Waals surface area contributed by atoms with Crippen LogP contribution in [0, 0.1) is 13.8 Å². The molecule has 0 unspecified atom stereocenters. The van der Waals surface area contributed by atoms with Gasteiger partial charge >= 0.3 is 6.18 Å². The normalized spacial score (nSPS) is 13.5. The molecule has 2 aromatic heterocycles. The van der Waals surface area contributed by atoms with Gasteiger partial charge in [-0.25, -0.2) is 4.98 Å². The number of aromatic nitrogens is 3. The minimum Gasteiger partial charge on any atom is -0.411 e. The van der Waals surface area contributed by atoms with Crippen molar-refractivity contribution < 1.29 is 27.3 Å². The Bertz CT molecular complexity index is 1280. The number of fused-ring (bicyclic) bond motifs is 1. The summed E-state index contributed by atoms with van der Waals surface area (Å²) in [5.74, 6) is 0.328. The molecule has 12 heteroatoms. The molecule has 1 amide bonds. The van der Waals surface area contributed by atoms with Gasteiger partial charge in [0.15, 0.2) is 5.69 Å². The predicted octanol–water partition coefficient (Wildman–Crippen LogP) is 2.74. The van der Waals surface area contributed by atoms with E-state index in [9.17, 15) is 22.8 Å².